The summed E-state index contributed by atoms with van der Waals surface area (Å²) in [5, 5.41) is 0.539. The highest BCUT2D eigenvalue weighted by atomic mass is 16.5. The van der Waals surface area contributed by atoms with Crippen LogP contribution in [-0.4, -0.2) is 34.1 Å². The van der Waals surface area contributed by atoms with Crippen molar-refractivity contribution in [3.05, 3.63) is 70.3 Å². The highest BCUT2D eigenvalue weighted by Crippen LogP contribution is 2.27. The van der Waals surface area contributed by atoms with E-state index in [1.807, 2.05) is 30.3 Å². The van der Waals surface area contributed by atoms with Crippen molar-refractivity contribution in [3.63, 3.8) is 0 Å². The number of aromatic nitrogens is 2. The Bertz CT molecular complexity index is 1200. The fourth-order valence-corrected chi connectivity index (χ4v) is 3.99. The first-order valence-electron chi connectivity index (χ1n) is 10.5. The van der Waals surface area contributed by atoms with Crippen LogP contribution in [0.1, 0.15) is 31.2 Å². The molecule has 0 saturated heterocycles. The second-order valence-electron chi connectivity index (χ2n) is 7.76. The summed E-state index contributed by atoms with van der Waals surface area (Å²) in [6.45, 7) is 2.21. The number of carbonyl (C=O) groups excluding carboxylic acids is 2. The molecule has 0 radical (unpaired) electrons. The molecule has 0 aliphatic carbocycles. The summed E-state index contributed by atoms with van der Waals surface area (Å²) >= 11 is 0. The van der Waals surface area contributed by atoms with Gasteiger partial charge in [-0.3, -0.25) is 19.0 Å². The molecule has 4 rings (SSSR count). The van der Waals surface area contributed by atoms with Gasteiger partial charge < -0.3 is 9.64 Å². The Hall–Kier alpha value is -3.48. The monoisotopic (exact) mass is 419 g/mol. The van der Waals surface area contributed by atoms with Crippen molar-refractivity contribution in [1.82, 2.24) is 9.55 Å². The summed E-state index contributed by atoms with van der Waals surface area (Å²) in [5.41, 5.74) is 2.46. The third-order valence-electron chi connectivity index (χ3n) is 5.66. The van der Waals surface area contributed by atoms with Crippen LogP contribution in [0.5, 0.6) is 0 Å². The molecule has 0 bridgehead atoms. The van der Waals surface area contributed by atoms with Crippen molar-refractivity contribution in [2.24, 2.45) is 7.05 Å². The van der Waals surface area contributed by atoms with Crippen LogP contribution in [0.15, 0.2) is 53.3 Å². The summed E-state index contributed by atoms with van der Waals surface area (Å²) in [7, 11) is 1.64. The minimum atomic E-state index is -0.882. The molecule has 3 aromatic rings. The second-order valence-corrected chi connectivity index (χ2v) is 7.76. The van der Waals surface area contributed by atoms with Crippen LogP contribution in [0.2, 0.25) is 0 Å². The summed E-state index contributed by atoms with van der Waals surface area (Å²) in [6, 6.07) is 14.9. The van der Waals surface area contributed by atoms with Crippen molar-refractivity contribution in [1.29, 1.82) is 0 Å². The number of amides is 1. The fourth-order valence-electron chi connectivity index (χ4n) is 3.99. The van der Waals surface area contributed by atoms with Gasteiger partial charge in [0.2, 0.25) is 0 Å². The first-order chi connectivity index (χ1) is 15.0. The molecule has 0 N–H and O–H groups in total. The van der Waals surface area contributed by atoms with Gasteiger partial charge in [-0.15, -0.1) is 0 Å². The van der Waals surface area contributed by atoms with Crippen LogP contribution in [-0.2, 0) is 34.2 Å². The van der Waals surface area contributed by atoms with Crippen LogP contribution in [0, 0.1) is 0 Å². The van der Waals surface area contributed by atoms with Gasteiger partial charge in [0.05, 0.1) is 17.3 Å². The summed E-state index contributed by atoms with van der Waals surface area (Å²) in [4.78, 5) is 44.0. The van der Waals surface area contributed by atoms with Crippen LogP contribution in [0.3, 0.4) is 0 Å². The number of rotatable bonds is 5. The first kappa shape index (κ1) is 20.8. The SMILES string of the molecule is CC(OC(=O)CCc1nc2ccccc2c(=O)n1C)C(=O)N1CCCc2ccccc21. The van der Waals surface area contributed by atoms with E-state index >= 15 is 0 Å². The molecule has 0 fully saturated rings. The maximum absolute atomic E-state index is 12.9. The predicted molar refractivity (Wildman–Crippen MR) is 118 cm³/mol. The standard InChI is InChI=1S/C24H25N3O4/c1-16(23(29)27-15-7-9-17-8-3-6-12-20(17)27)31-22(28)14-13-21-25-19-11-5-4-10-18(19)24(30)26(21)2/h3-6,8,10-12,16H,7,9,13-15H2,1-2H3. The van der Waals surface area contributed by atoms with Crippen molar-refractivity contribution < 1.29 is 14.3 Å². The molecule has 2 heterocycles. The zero-order valence-corrected chi connectivity index (χ0v) is 17.7. The maximum atomic E-state index is 12.9. The van der Waals surface area contributed by atoms with Crippen LogP contribution >= 0.6 is 0 Å². The average molecular weight is 419 g/mol. The number of ether oxygens (including phenoxy) is 1. The van der Waals surface area contributed by atoms with E-state index in [1.54, 1.807) is 37.1 Å². The molecule has 7 nitrogen and oxygen atoms in total. The number of fused-ring (bicyclic) bond motifs is 2. The zero-order chi connectivity index (χ0) is 22.0. The molecular weight excluding hydrogens is 394 g/mol. The van der Waals surface area contributed by atoms with Gasteiger partial charge in [0.1, 0.15) is 5.82 Å². The number of para-hydroxylation sites is 2. The summed E-state index contributed by atoms with van der Waals surface area (Å²) < 4.78 is 6.87. The van der Waals surface area contributed by atoms with E-state index < -0.39 is 12.1 Å². The first-order valence-corrected chi connectivity index (χ1v) is 10.5. The number of anilines is 1. The van der Waals surface area contributed by atoms with Gasteiger partial charge in [-0.25, -0.2) is 4.98 Å². The molecule has 1 atom stereocenters. The molecule has 0 saturated carbocycles. The molecule has 1 unspecified atom stereocenters. The Kier molecular flexibility index (Phi) is 5.84. The van der Waals surface area contributed by atoms with E-state index in [-0.39, 0.29) is 24.3 Å². The van der Waals surface area contributed by atoms with E-state index in [0.29, 0.717) is 23.3 Å². The normalized spacial score (nSPS) is 14.2. The number of carbonyl (C=O) groups is 2. The van der Waals surface area contributed by atoms with Crippen molar-refractivity contribution in [3.8, 4) is 0 Å². The fraction of sp³-hybridized carbons (Fsp3) is 0.333. The Labute approximate surface area is 180 Å². The molecular formula is C24H25N3O4. The largest absolute Gasteiger partial charge is 0.453 e. The number of benzene rings is 2. The Balaban J connectivity index is 1.40. The lowest BCUT2D eigenvalue weighted by molar-refractivity contribution is -0.153. The molecule has 31 heavy (non-hydrogen) atoms. The number of nitrogens with zero attached hydrogens (tertiary/aromatic N) is 3. The Morgan fingerprint density at radius 1 is 1.13 bits per heavy atom. The third-order valence-corrected chi connectivity index (χ3v) is 5.66. The van der Waals surface area contributed by atoms with Gasteiger partial charge in [-0.05, 0) is 43.5 Å². The second kappa shape index (κ2) is 8.71. The van der Waals surface area contributed by atoms with E-state index in [0.717, 1.165) is 24.1 Å². The number of hydrogen-bond donors (Lipinski definition) is 0. The number of hydrogen-bond acceptors (Lipinski definition) is 5. The van der Waals surface area contributed by atoms with Crippen LogP contribution < -0.4 is 10.5 Å². The van der Waals surface area contributed by atoms with Gasteiger partial charge in [-0.2, -0.15) is 0 Å². The Morgan fingerprint density at radius 2 is 1.87 bits per heavy atom. The van der Waals surface area contributed by atoms with E-state index in [2.05, 4.69) is 4.98 Å². The van der Waals surface area contributed by atoms with E-state index in [1.165, 1.54) is 4.57 Å². The van der Waals surface area contributed by atoms with Gasteiger partial charge in [-0.1, -0.05) is 30.3 Å². The number of esters is 1. The average Bonchev–Trinajstić information content (AvgIpc) is 2.79. The quantitative estimate of drug-likeness (QED) is 0.594. The molecule has 1 aliphatic heterocycles. The van der Waals surface area contributed by atoms with Gasteiger partial charge >= 0.3 is 5.97 Å². The summed E-state index contributed by atoms with van der Waals surface area (Å²) in [6.07, 6.45) is 1.22. The topological polar surface area (TPSA) is 81.5 Å². The van der Waals surface area contributed by atoms with Gasteiger partial charge in [0.25, 0.3) is 11.5 Å². The minimum Gasteiger partial charge on any atom is -0.453 e. The van der Waals surface area contributed by atoms with Crippen LogP contribution in [0.4, 0.5) is 5.69 Å². The zero-order valence-electron chi connectivity index (χ0n) is 17.7. The lowest BCUT2D eigenvalue weighted by Crippen LogP contribution is -2.42. The third kappa shape index (κ3) is 4.21. The molecule has 7 heteroatoms. The molecule has 1 amide bonds. The van der Waals surface area contributed by atoms with E-state index in [9.17, 15) is 14.4 Å². The molecule has 1 aliphatic rings. The lowest BCUT2D eigenvalue weighted by atomic mass is 10.0. The molecule has 0 spiro atoms. The minimum absolute atomic E-state index is 0.0346. The van der Waals surface area contributed by atoms with Crippen molar-refractivity contribution in [2.45, 2.75) is 38.7 Å². The smallest absolute Gasteiger partial charge is 0.307 e. The van der Waals surface area contributed by atoms with Gasteiger partial charge in [0, 0.05) is 25.7 Å². The highest BCUT2D eigenvalue weighted by Gasteiger charge is 2.28. The predicted octanol–water partition coefficient (Wildman–Crippen LogP) is 2.78. The molecule has 1 aromatic heterocycles. The van der Waals surface area contributed by atoms with E-state index in [4.69, 9.17) is 4.74 Å². The Morgan fingerprint density at radius 3 is 2.71 bits per heavy atom. The maximum Gasteiger partial charge on any atom is 0.307 e. The van der Waals surface area contributed by atoms with Crippen molar-refractivity contribution >= 4 is 28.5 Å². The van der Waals surface area contributed by atoms with Crippen LogP contribution in [0.25, 0.3) is 10.9 Å². The lowest BCUT2D eigenvalue weighted by Gasteiger charge is -2.31. The summed E-state index contributed by atoms with van der Waals surface area (Å²) in [5.74, 6) is -0.213. The number of aryl methyl sites for hydroxylation is 2. The molecule has 2 aromatic carbocycles. The van der Waals surface area contributed by atoms with Gasteiger partial charge in [0.15, 0.2) is 6.10 Å². The highest BCUT2D eigenvalue weighted by molar-refractivity contribution is 5.98. The molecule has 160 valence electrons. The van der Waals surface area contributed by atoms with Crippen molar-refractivity contribution in [2.75, 3.05) is 11.4 Å².